The minimum Gasteiger partial charge on any atom is -0.383 e. The molecule has 1 aliphatic rings. The Morgan fingerprint density at radius 3 is 2.30 bits per heavy atom. The molecule has 118 valence electrons. The molecule has 0 radical (unpaired) electrons. The smallest absolute Gasteiger partial charge is 0.383 e. The van der Waals surface area contributed by atoms with Gasteiger partial charge in [0.05, 0.1) is 12.5 Å². The molecule has 0 unspecified atom stereocenters. The van der Waals surface area contributed by atoms with Crippen LogP contribution in [-0.2, 0) is 9.53 Å². The molecule has 0 bridgehead atoms. The second kappa shape index (κ2) is 8.22. The molecule has 7 heteroatoms. The number of amides is 1. The highest BCUT2D eigenvalue weighted by atomic mass is 79.9. The second-order valence-corrected chi connectivity index (χ2v) is 5.89. The minimum atomic E-state index is -4.13. The Kier molecular flexibility index (Phi) is 7.29. The lowest BCUT2D eigenvalue weighted by Gasteiger charge is -2.32. The Morgan fingerprint density at radius 2 is 1.85 bits per heavy atom. The Labute approximate surface area is 126 Å². The topological polar surface area (TPSA) is 29.5 Å². The molecule has 1 amide bonds. The van der Waals surface area contributed by atoms with Gasteiger partial charge in [-0.05, 0) is 25.7 Å². The number of rotatable bonds is 6. The summed E-state index contributed by atoms with van der Waals surface area (Å²) in [7, 11) is 1.56. The van der Waals surface area contributed by atoms with E-state index in [4.69, 9.17) is 4.74 Å². The van der Waals surface area contributed by atoms with Crippen molar-refractivity contribution in [3.63, 3.8) is 0 Å². The maximum absolute atomic E-state index is 12.6. The number of alkyl halides is 4. The third-order valence-corrected chi connectivity index (χ3v) is 4.13. The average molecular weight is 360 g/mol. The van der Waals surface area contributed by atoms with Crippen molar-refractivity contribution in [1.82, 2.24) is 4.90 Å². The summed E-state index contributed by atoms with van der Waals surface area (Å²) < 4.78 is 42.8. The molecule has 0 aromatic carbocycles. The van der Waals surface area contributed by atoms with Gasteiger partial charge in [-0.2, -0.15) is 13.2 Å². The highest BCUT2D eigenvalue weighted by Gasteiger charge is 2.42. The van der Waals surface area contributed by atoms with Gasteiger partial charge in [0.1, 0.15) is 0 Å². The predicted molar refractivity (Wildman–Crippen MR) is 73.8 cm³/mol. The summed E-state index contributed by atoms with van der Waals surface area (Å²) in [5.74, 6) is -1.55. The maximum atomic E-state index is 12.6. The van der Waals surface area contributed by atoms with Gasteiger partial charge in [0.15, 0.2) is 0 Å². The predicted octanol–water partition coefficient (Wildman–Crippen LogP) is 3.23. The summed E-state index contributed by atoms with van der Waals surface area (Å²) in [6.07, 6.45) is -3.35. The Hall–Kier alpha value is -0.300. The largest absolute Gasteiger partial charge is 0.391 e. The molecular formula is C13H21BrF3NO2. The van der Waals surface area contributed by atoms with Crippen LogP contribution in [0.2, 0.25) is 0 Å². The van der Waals surface area contributed by atoms with E-state index in [1.54, 1.807) is 12.0 Å². The zero-order chi connectivity index (χ0) is 15.2. The van der Waals surface area contributed by atoms with E-state index in [9.17, 15) is 18.0 Å². The summed E-state index contributed by atoms with van der Waals surface area (Å²) in [6.45, 7) is 1.48. The van der Waals surface area contributed by atoms with E-state index >= 15 is 0 Å². The molecule has 20 heavy (non-hydrogen) atoms. The molecule has 1 saturated carbocycles. The van der Waals surface area contributed by atoms with Crippen LogP contribution in [-0.4, -0.2) is 49.1 Å². The number of carbonyl (C=O) groups is 1. The Bertz CT molecular complexity index is 304. The minimum absolute atomic E-state index is 0.0397. The number of halogens is 4. The van der Waals surface area contributed by atoms with E-state index in [0.29, 0.717) is 37.9 Å². The average Bonchev–Trinajstić information content (AvgIpc) is 2.42. The van der Waals surface area contributed by atoms with Gasteiger partial charge in [0.2, 0.25) is 5.91 Å². The first kappa shape index (κ1) is 17.8. The fourth-order valence-corrected chi connectivity index (χ4v) is 2.99. The van der Waals surface area contributed by atoms with E-state index in [2.05, 4.69) is 15.9 Å². The molecule has 1 aliphatic carbocycles. The number of hydrogen-bond acceptors (Lipinski definition) is 2. The first-order valence-corrected chi connectivity index (χ1v) is 7.92. The first-order chi connectivity index (χ1) is 9.40. The van der Waals surface area contributed by atoms with Crippen molar-refractivity contribution >= 4 is 21.8 Å². The zero-order valence-electron chi connectivity index (χ0n) is 11.6. The van der Waals surface area contributed by atoms with Gasteiger partial charge in [0.25, 0.3) is 0 Å². The van der Waals surface area contributed by atoms with Crippen LogP contribution in [0, 0.1) is 11.8 Å². The van der Waals surface area contributed by atoms with Gasteiger partial charge < -0.3 is 9.64 Å². The first-order valence-electron chi connectivity index (χ1n) is 6.80. The van der Waals surface area contributed by atoms with Crippen LogP contribution in [0.5, 0.6) is 0 Å². The molecule has 0 N–H and O–H groups in total. The van der Waals surface area contributed by atoms with Gasteiger partial charge in [-0.25, -0.2) is 0 Å². The van der Waals surface area contributed by atoms with Crippen LogP contribution in [0.4, 0.5) is 13.2 Å². The molecule has 3 nitrogen and oxygen atoms in total. The fraction of sp³-hybridized carbons (Fsp3) is 0.923. The van der Waals surface area contributed by atoms with E-state index in [0.717, 1.165) is 0 Å². The molecule has 1 rings (SSSR count). The number of carbonyl (C=O) groups excluding carboxylic acids is 1. The van der Waals surface area contributed by atoms with Crippen molar-refractivity contribution in [3.8, 4) is 0 Å². The van der Waals surface area contributed by atoms with Gasteiger partial charge in [-0.3, -0.25) is 4.79 Å². The molecule has 0 aromatic rings. The standard InChI is InChI=1S/C13H21BrF3NO2/c1-20-9-8-18(7-6-14)12(19)10-2-4-11(5-3-10)13(15,16)17/h10-11H,2-9H2,1H3. The summed E-state index contributed by atoms with van der Waals surface area (Å²) >= 11 is 3.29. The normalized spacial score (nSPS) is 23.6. The van der Waals surface area contributed by atoms with E-state index in [-0.39, 0.29) is 24.7 Å². The van der Waals surface area contributed by atoms with Crippen molar-refractivity contribution < 1.29 is 22.7 Å². The SMILES string of the molecule is COCCN(CCBr)C(=O)C1CCC(C(F)(F)F)CC1. The molecule has 0 spiro atoms. The molecule has 0 atom stereocenters. The van der Waals surface area contributed by atoms with Gasteiger partial charge >= 0.3 is 6.18 Å². The summed E-state index contributed by atoms with van der Waals surface area (Å²) in [5, 5.41) is 0.653. The lowest BCUT2D eigenvalue weighted by atomic mass is 9.81. The van der Waals surface area contributed by atoms with Crippen LogP contribution < -0.4 is 0 Å². The third kappa shape index (κ3) is 5.24. The summed E-state index contributed by atoms with van der Waals surface area (Å²) in [4.78, 5) is 14.0. The Balaban J connectivity index is 2.51. The van der Waals surface area contributed by atoms with Crippen LogP contribution in [0.15, 0.2) is 0 Å². The maximum Gasteiger partial charge on any atom is 0.391 e. The second-order valence-electron chi connectivity index (χ2n) is 5.10. The molecule has 1 fully saturated rings. The van der Waals surface area contributed by atoms with Gasteiger partial charge in [0, 0.05) is 31.4 Å². The monoisotopic (exact) mass is 359 g/mol. The fourth-order valence-electron chi connectivity index (χ4n) is 2.56. The quantitative estimate of drug-likeness (QED) is 0.681. The number of hydrogen-bond donors (Lipinski definition) is 0. The summed E-state index contributed by atoms with van der Waals surface area (Å²) in [5.41, 5.74) is 0. The molecule has 0 aromatic heterocycles. The van der Waals surface area contributed by atoms with Gasteiger partial charge in [-0.1, -0.05) is 15.9 Å². The highest BCUT2D eigenvalue weighted by Crippen LogP contribution is 2.39. The van der Waals surface area contributed by atoms with E-state index in [1.165, 1.54) is 0 Å². The third-order valence-electron chi connectivity index (χ3n) is 3.77. The van der Waals surface area contributed by atoms with E-state index in [1.807, 2.05) is 0 Å². The molecule has 0 aliphatic heterocycles. The van der Waals surface area contributed by atoms with Crippen molar-refractivity contribution in [3.05, 3.63) is 0 Å². The zero-order valence-corrected chi connectivity index (χ0v) is 13.2. The lowest BCUT2D eigenvalue weighted by Crippen LogP contribution is -2.41. The highest BCUT2D eigenvalue weighted by molar-refractivity contribution is 9.09. The van der Waals surface area contributed by atoms with E-state index < -0.39 is 12.1 Å². The van der Waals surface area contributed by atoms with Crippen molar-refractivity contribution in [2.45, 2.75) is 31.9 Å². The van der Waals surface area contributed by atoms with Crippen LogP contribution in [0.25, 0.3) is 0 Å². The van der Waals surface area contributed by atoms with Crippen molar-refractivity contribution in [2.24, 2.45) is 11.8 Å². The Morgan fingerprint density at radius 1 is 1.25 bits per heavy atom. The van der Waals surface area contributed by atoms with Crippen LogP contribution >= 0.6 is 15.9 Å². The van der Waals surface area contributed by atoms with Crippen molar-refractivity contribution in [2.75, 3.05) is 32.1 Å². The molecule has 0 saturated heterocycles. The lowest BCUT2D eigenvalue weighted by molar-refractivity contribution is -0.185. The number of nitrogens with zero attached hydrogens (tertiary/aromatic N) is 1. The number of methoxy groups -OCH3 is 1. The van der Waals surface area contributed by atoms with Crippen LogP contribution in [0.3, 0.4) is 0 Å². The van der Waals surface area contributed by atoms with Gasteiger partial charge in [-0.15, -0.1) is 0 Å². The van der Waals surface area contributed by atoms with Crippen LogP contribution in [0.1, 0.15) is 25.7 Å². The summed E-state index contributed by atoms with van der Waals surface area (Å²) in [6, 6.07) is 0. The van der Waals surface area contributed by atoms with Crippen molar-refractivity contribution in [1.29, 1.82) is 0 Å². The molecule has 0 heterocycles. The number of ether oxygens (including phenoxy) is 1. The molecular weight excluding hydrogens is 339 g/mol.